The number of aryl methyl sites for hydroxylation is 1. The molecule has 1 N–H and O–H groups in total. The van der Waals surface area contributed by atoms with E-state index in [4.69, 9.17) is 0 Å². The summed E-state index contributed by atoms with van der Waals surface area (Å²) in [5.41, 5.74) is 4.10. The highest BCUT2D eigenvalue weighted by atomic mass is 32.1. The van der Waals surface area contributed by atoms with E-state index < -0.39 is 0 Å². The number of nitrogens with one attached hydrogen (secondary N) is 1. The molecule has 0 aliphatic carbocycles. The molecule has 0 atom stereocenters. The Hall–Kier alpha value is -2.80. The van der Waals surface area contributed by atoms with E-state index >= 15 is 0 Å². The van der Waals surface area contributed by atoms with Crippen LogP contribution in [0.3, 0.4) is 0 Å². The van der Waals surface area contributed by atoms with Gasteiger partial charge in [0.1, 0.15) is 10.5 Å². The number of nitrogens with zero attached hydrogens (tertiary/aromatic N) is 5. The minimum absolute atomic E-state index is 0.563. The summed E-state index contributed by atoms with van der Waals surface area (Å²) in [5, 5.41) is 21.7. The SMILES string of the molecule is Cc1cccc(Nc2nnc(Cn3nnc4ccccc43)s2)c1. The van der Waals surface area contributed by atoms with Gasteiger partial charge in [-0.05, 0) is 36.8 Å². The van der Waals surface area contributed by atoms with Gasteiger partial charge in [-0.15, -0.1) is 15.3 Å². The lowest BCUT2D eigenvalue weighted by atomic mass is 10.2. The van der Waals surface area contributed by atoms with E-state index in [1.165, 1.54) is 16.9 Å². The lowest BCUT2D eigenvalue weighted by Gasteiger charge is -2.02. The maximum absolute atomic E-state index is 4.23. The van der Waals surface area contributed by atoms with Crippen LogP contribution in [0, 0.1) is 6.92 Å². The van der Waals surface area contributed by atoms with E-state index in [0.29, 0.717) is 6.54 Å². The second kappa shape index (κ2) is 5.77. The molecule has 0 amide bonds. The predicted molar refractivity (Wildman–Crippen MR) is 91.0 cm³/mol. The normalized spacial score (nSPS) is 11.0. The van der Waals surface area contributed by atoms with E-state index in [0.717, 1.165) is 26.9 Å². The predicted octanol–water partition coefficient (Wildman–Crippen LogP) is 3.38. The number of aromatic nitrogens is 5. The Morgan fingerprint density at radius 3 is 2.87 bits per heavy atom. The van der Waals surface area contributed by atoms with Crippen LogP contribution in [-0.2, 0) is 6.54 Å². The third kappa shape index (κ3) is 2.91. The van der Waals surface area contributed by atoms with Crippen molar-refractivity contribution < 1.29 is 0 Å². The number of hydrogen-bond donors (Lipinski definition) is 1. The molecule has 0 fully saturated rings. The lowest BCUT2D eigenvalue weighted by molar-refractivity contribution is 0.662. The van der Waals surface area contributed by atoms with Crippen LogP contribution in [0.15, 0.2) is 48.5 Å². The molecular formula is C16H14N6S. The van der Waals surface area contributed by atoms with Crippen LogP contribution in [0.25, 0.3) is 11.0 Å². The summed E-state index contributed by atoms with van der Waals surface area (Å²) in [5.74, 6) is 0. The summed E-state index contributed by atoms with van der Waals surface area (Å²) >= 11 is 1.52. The van der Waals surface area contributed by atoms with E-state index in [9.17, 15) is 0 Å². The summed E-state index contributed by atoms with van der Waals surface area (Å²) in [7, 11) is 0. The third-order valence-corrected chi connectivity index (χ3v) is 4.26. The highest BCUT2D eigenvalue weighted by Crippen LogP contribution is 2.22. The van der Waals surface area contributed by atoms with Crippen molar-refractivity contribution in [3.8, 4) is 0 Å². The fraction of sp³-hybridized carbons (Fsp3) is 0.125. The largest absolute Gasteiger partial charge is 0.330 e. The van der Waals surface area contributed by atoms with Gasteiger partial charge >= 0.3 is 0 Å². The van der Waals surface area contributed by atoms with Crippen LogP contribution in [-0.4, -0.2) is 25.2 Å². The maximum atomic E-state index is 4.23. The van der Waals surface area contributed by atoms with Crippen LogP contribution in [0.4, 0.5) is 10.8 Å². The maximum Gasteiger partial charge on any atom is 0.210 e. The highest BCUT2D eigenvalue weighted by molar-refractivity contribution is 7.15. The van der Waals surface area contributed by atoms with E-state index in [-0.39, 0.29) is 0 Å². The van der Waals surface area contributed by atoms with Crippen molar-refractivity contribution in [1.82, 2.24) is 25.2 Å². The van der Waals surface area contributed by atoms with Gasteiger partial charge in [0.05, 0.1) is 12.1 Å². The van der Waals surface area contributed by atoms with Crippen LogP contribution < -0.4 is 5.32 Å². The van der Waals surface area contributed by atoms with Crippen molar-refractivity contribution in [3.05, 3.63) is 59.1 Å². The molecule has 2 aromatic carbocycles. The van der Waals surface area contributed by atoms with E-state index in [1.54, 1.807) is 0 Å². The van der Waals surface area contributed by atoms with Gasteiger partial charge in [0.2, 0.25) is 5.13 Å². The Kier molecular flexibility index (Phi) is 3.47. The molecule has 0 bridgehead atoms. The molecular weight excluding hydrogens is 308 g/mol. The van der Waals surface area contributed by atoms with Gasteiger partial charge in [-0.3, -0.25) is 0 Å². The molecule has 114 valence electrons. The van der Waals surface area contributed by atoms with Crippen molar-refractivity contribution in [2.75, 3.05) is 5.32 Å². The first-order chi connectivity index (χ1) is 11.3. The smallest absolute Gasteiger partial charge is 0.210 e. The van der Waals surface area contributed by atoms with Crippen LogP contribution in [0.2, 0.25) is 0 Å². The Labute approximate surface area is 136 Å². The number of para-hydroxylation sites is 1. The van der Waals surface area contributed by atoms with Gasteiger partial charge in [0.25, 0.3) is 0 Å². The summed E-state index contributed by atoms with van der Waals surface area (Å²) in [6.45, 7) is 2.63. The Balaban J connectivity index is 1.54. The standard InChI is InChI=1S/C16H14N6S/c1-11-5-4-6-12(9-11)17-16-20-19-15(23-16)10-22-14-8-3-2-7-13(14)18-21-22/h2-9H,10H2,1H3,(H,17,20). The van der Waals surface area contributed by atoms with Gasteiger partial charge in [-0.25, -0.2) is 4.68 Å². The molecule has 0 aliphatic rings. The second-order valence-corrected chi connectivity index (χ2v) is 6.29. The van der Waals surface area contributed by atoms with Gasteiger partial charge in [-0.1, -0.05) is 40.8 Å². The minimum atomic E-state index is 0.563. The molecule has 2 aromatic heterocycles. The minimum Gasteiger partial charge on any atom is -0.330 e. The number of rotatable bonds is 4. The summed E-state index contributed by atoms with van der Waals surface area (Å²) < 4.78 is 1.84. The zero-order chi connectivity index (χ0) is 15.6. The summed E-state index contributed by atoms with van der Waals surface area (Å²) in [4.78, 5) is 0. The molecule has 0 saturated carbocycles. The van der Waals surface area contributed by atoms with Crippen molar-refractivity contribution in [2.45, 2.75) is 13.5 Å². The third-order valence-electron chi connectivity index (χ3n) is 3.44. The number of hydrogen-bond acceptors (Lipinski definition) is 6. The summed E-state index contributed by atoms with van der Waals surface area (Å²) in [6, 6.07) is 16.0. The molecule has 0 aliphatic heterocycles. The molecule has 4 rings (SSSR count). The first-order valence-electron chi connectivity index (χ1n) is 7.22. The number of fused-ring (bicyclic) bond motifs is 1. The molecule has 0 spiro atoms. The molecule has 23 heavy (non-hydrogen) atoms. The van der Waals surface area contributed by atoms with Crippen molar-refractivity contribution in [2.24, 2.45) is 0 Å². The molecule has 6 nitrogen and oxygen atoms in total. The summed E-state index contributed by atoms with van der Waals surface area (Å²) in [6.07, 6.45) is 0. The lowest BCUT2D eigenvalue weighted by Crippen LogP contribution is -2.01. The number of benzene rings is 2. The van der Waals surface area contributed by atoms with Crippen molar-refractivity contribution in [1.29, 1.82) is 0 Å². The Morgan fingerprint density at radius 1 is 1.04 bits per heavy atom. The van der Waals surface area contributed by atoms with Crippen LogP contribution in [0.5, 0.6) is 0 Å². The van der Waals surface area contributed by atoms with Crippen LogP contribution >= 0.6 is 11.3 Å². The topological polar surface area (TPSA) is 68.5 Å². The van der Waals surface area contributed by atoms with Gasteiger partial charge < -0.3 is 5.32 Å². The average molecular weight is 322 g/mol. The molecule has 4 aromatic rings. The van der Waals surface area contributed by atoms with Gasteiger partial charge in [-0.2, -0.15) is 0 Å². The number of anilines is 2. The zero-order valence-corrected chi connectivity index (χ0v) is 13.3. The van der Waals surface area contributed by atoms with Gasteiger partial charge in [0.15, 0.2) is 0 Å². The quantitative estimate of drug-likeness (QED) is 0.624. The monoisotopic (exact) mass is 322 g/mol. The molecule has 7 heteroatoms. The average Bonchev–Trinajstić information content (AvgIpc) is 3.16. The van der Waals surface area contributed by atoms with E-state index in [1.807, 2.05) is 41.1 Å². The van der Waals surface area contributed by atoms with Crippen molar-refractivity contribution in [3.63, 3.8) is 0 Å². The highest BCUT2D eigenvalue weighted by Gasteiger charge is 2.09. The van der Waals surface area contributed by atoms with Crippen LogP contribution in [0.1, 0.15) is 10.6 Å². The van der Waals surface area contributed by atoms with Gasteiger partial charge in [0, 0.05) is 5.69 Å². The molecule has 0 unspecified atom stereocenters. The van der Waals surface area contributed by atoms with Crippen molar-refractivity contribution >= 4 is 33.2 Å². The zero-order valence-electron chi connectivity index (χ0n) is 12.5. The Morgan fingerprint density at radius 2 is 1.96 bits per heavy atom. The fourth-order valence-corrected chi connectivity index (χ4v) is 3.12. The molecule has 0 radical (unpaired) electrons. The first kappa shape index (κ1) is 13.8. The first-order valence-corrected chi connectivity index (χ1v) is 8.04. The molecule has 2 heterocycles. The fourth-order valence-electron chi connectivity index (χ4n) is 2.38. The van der Waals surface area contributed by atoms with E-state index in [2.05, 4.69) is 44.9 Å². The second-order valence-electron chi connectivity index (χ2n) is 5.23. The Bertz CT molecular complexity index is 958. The molecule has 0 saturated heterocycles.